The van der Waals surface area contributed by atoms with Gasteiger partial charge in [0.25, 0.3) is 0 Å². The fourth-order valence-corrected chi connectivity index (χ4v) is 3.24. The van der Waals surface area contributed by atoms with Crippen molar-refractivity contribution in [2.45, 2.75) is 39.0 Å². The predicted molar refractivity (Wildman–Crippen MR) is 129 cm³/mol. The van der Waals surface area contributed by atoms with Gasteiger partial charge in [0.05, 0.1) is 17.0 Å². The largest absolute Gasteiger partial charge is 0.469 e. The number of furan rings is 1. The number of thiazole rings is 1. The fraction of sp³-hybridized carbons (Fsp3) is 0.550. The molecule has 7 nitrogen and oxygen atoms in total. The van der Waals surface area contributed by atoms with E-state index in [0.29, 0.717) is 19.0 Å². The Bertz CT molecular complexity index is 766. The van der Waals surface area contributed by atoms with Crippen LogP contribution in [-0.2, 0) is 23.1 Å². The molecular weight excluding hydrogens is 501 g/mol. The molecule has 0 atom stereocenters. The number of likely N-dealkylation sites (N-methyl/N-ethyl adjacent to an activating group) is 1. The topological polar surface area (TPSA) is 82.8 Å². The van der Waals surface area contributed by atoms with E-state index in [2.05, 4.69) is 41.8 Å². The molecule has 2 aromatic rings. The van der Waals surface area contributed by atoms with Crippen LogP contribution in [0.15, 0.2) is 33.2 Å². The Balaban J connectivity index is 0.00000420. The highest BCUT2D eigenvalue weighted by molar-refractivity contribution is 14.0. The third kappa shape index (κ3) is 9.16. The quantitative estimate of drug-likeness (QED) is 0.310. The van der Waals surface area contributed by atoms with Gasteiger partial charge in [-0.05, 0) is 12.1 Å². The van der Waals surface area contributed by atoms with E-state index in [1.807, 2.05) is 12.1 Å². The second-order valence-electron chi connectivity index (χ2n) is 7.78. The highest BCUT2D eigenvalue weighted by Gasteiger charge is 2.17. The molecule has 9 heteroatoms. The van der Waals surface area contributed by atoms with Crippen molar-refractivity contribution in [2.75, 3.05) is 33.7 Å². The van der Waals surface area contributed by atoms with E-state index in [1.54, 1.807) is 31.7 Å². The highest BCUT2D eigenvalue weighted by Crippen LogP contribution is 2.25. The first kappa shape index (κ1) is 25.4. The zero-order valence-electron chi connectivity index (χ0n) is 17.8. The van der Waals surface area contributed by atoms with Gasteiger partial charge in [0.1, 0.15) is 12.3 Å². The van der Waals surface area contributed by atoms with Crippen molar-refractivity contribution < 1.29 is 9.21 Å². The Morgan fingerprint density at radius 1 is 1.24 bits per heavy atom. The van der Waals surface area contributed by atoms with Crippen LogP contribution in [0, 0.1) is 0 Å². The first-order valence-electron chi connectivity index (χ1n) is 9.45. The van der Waals surface area contributed by atoms with E-state index in [1.165, 1.54) is 4.90 Å². The van der Waals surface area contributed by atoms with Gasteiger partial charge in [-0.3, -0.25) is 4.79 Å². The number of carbonyl (C=O) groups is 1. The van der Waals surface area contributed by atoms with Gasteiger partial charge in [-0.2, -0.15) is 0 Å². The van der Waals surface area contributed by atoms with Gasteiger partial charge in [0.2, 0.25) is 5.91 Å². The van der Waals surface area contributed by atoms with E-state index in [9.17, 15) is 4.79 Å². The zero-order chi connectivity index (χ0) is 20.6. The van der Waals surface area contributed by atoms with Crippen molar-refractivity contribution >= 4 is 47.2 Å². The van der Waals surface area contributed by atoms with Crippen molar-refractivity contribution in [3.8, 4) is 0 Å². The molecule has 0 unspecified atom stereocenters. The minimum Gasteiger partial charge on any atom is -0.469 e. The molecule has 162 valence electrons. The number of hydrogen-bond acceptors (Lipinski definition) is 5. The third-order valence-electron chi connectivity index (χ3n) is 3.98. The van der Waals surface area contributed by atoms with Gasteiger partial charge in [-0.1, -0.05) is 20.8 Å². The summed E-state index contributed by atoms with van der Waals surface area (Å²) in [7, 11) is 3.45. The summed E-state index contributed by atoms with van der Waals surface area (Å²) >= 11 is 1.70. The van der Waals surface area contributed by atoms with Gasteiger partial charge < -0.3 is 20.0 Å². The summed E-state index contributed by atoms with van der Waals surface area (Å²) in [6.07, 6.45) is 3.21. The maximum Gasteiger partial charge on any atom is 0.243 e. The summed E-state index contributed by atoms with van der Waals surface area (Å²) in [6.45, 7) is 7.97. The normalized spacial score (nSPS) is 11.7. The van der Waals surface area contributed by atoms with Crippen molar-refractivity contribution in [2.24, 2.45) is 4.99 Å². The SMILES string of the molecule is CN(C)C(=O)CN=C(NCCc1csc(C(C)(C)C)n1)NCCc1ccco1.I. The second kappa shape index (κ2) is 12.2. The molecule has 0 aliphatic heterocycles. The molecule has 29 heavy (non-hydrogen) atoms. The molecule has 2 aromatic heterocycles. The number of amides is 1. The van der Waals surface area contributed by atoms with Gasteiger partial charge in [0.15, 0.2) is 5.96 Å². The van der Waals surface area contributed by atoms with Crippen LogP contribution in [0.4, 0.5) is 0 Å². The number of nitrogens with zero attached hydrogens (tertiary/aromatic N) is 3. The number of aromatic nitrogens is 1. The second-order valence-corrected chi connectivity index (χ2v) is 8.64. The Morgan fingerprint density at radius 2 is 1.93 bits per heavy atom. The van der Waals surface area contributed by atoms with E-state index in [0.717, 1.165) is 29.3 Å². The Morgan fingerprint density at radius 3 is 2.48 bits per heavy atom. The third-order valence-corrected chi connectivity index (χ3v) is 5.30. The molecule has 2 N–H and O–H groups in total. The lowest BCUT2D eigenvalue weighted by Crippen LogP contribution is -2.40. The lowest BCUT2D eigenvalue weighted by Gasteiger charge is -2.14. The highest BCUT2D eigenvalue weighted by atomic mass is 127. The van der Waals surface area contributed by atoms with Crippen molar-refractivity contribution in [3.05, 3.63) is 40.2 Å². The molecule has 2 heterocycles. The van der Waals surface area contributed by atoms with Crippen molar-refractivity contribution in [1.29, 1.82) is 0 Å². The summed E-state index contributed by atoms with van der Waals surface area (Å²) in [5.74, 6) is 1.49. The molecule has 0 saturated heterocycles. The Hall–Kier alpha value is -1.62. The van der Waals surface area contributed by atoms with Crippen LogP contribution >= 0.6 is 35.3 Å². The minimum absolute atomic E-state index is 0. The lowest BCUT2D eigenvalue weighted by molar-refractivity contribution is -0.127. The van der Waals surface area contributed by atoms with Crippen molar-refractivity contribution in [3.63, 3.8) is 0 Å². The molecule has 0 aromatic carbocycles. The van der Waals surface area contributed by atoms with E-state index >= 15 is 0 Å². The van der Waals surface area contributed by atoms with E-state index < -0.39 is 0 Å². The number of nitrogens with one attached hydrogen (secondary N) is 2. The standard InChI is InChI=1S/C20H31N5O2S.HI/c1-20(2,3)18-24-15(14-28-18)8-10-21-19(23-13-17(26)25(4)5)22-11-9-16-7-6-12-27-16;/h6-7,12,14H,8-11,13H2,1-5H3,(H2,21,22,23);1H. The summed E-state index contributed by atoms with van der Waals surface area (Å²) in [5.41, 5.74) is 1.14. The van der Waals surface area contributed by atoms with Gasteiger partial charge in [-0.15, -0.1) is 35.3 Å². The van der Waals surface area contributed by atoms with Crippen LogP contribution in [0.3, 0.4) is 0 Å². The number of rotatable bonds is 8. The zero-order valence-corrected chi connectivity index (χ0v) is 21.0. The monoisotopic (exact) mass is 533 g/mol. The van der Waals surface area contributed by atoms with Crippen molar-refractivity contribution in [1.82, 2.24) is 20.5 Å². The van der Waals surface area contributed by atoms with Gasteiger partial charge in [-0.25, -0.2) is 9.98 Å². The molecule has 0 radical (unpaired) electrons. The Labute approximate surface area is 194 Å². The summed E-state index contributed by atoms with van der Waals surface area (Å²) < 4.78 is 5.35. The van der Waals surface area contributed by atoms with Crippen LogP contribution in [0.25, 0.3) is 0 Å². The van der Waals surface area contributed by atoms with Crippen LogP contribution in [0.1, 0.15) is 37.2 Å². The first-order valence-corrected chi connectivity index (χ1v) is 10.3. The first-order chi connectivity index (χ1) is 13.3. The number of carbonyl (C=O) groups excluding carboxylic acids is 1. The maximum absolute atomic E-state index is 11.8. The average molecular weight is 533 g/mol. The van der Waals surface area contributed by atoms with Crippen LogP contribution in [0.5, 0.6) is 0 Å². The Kier molecular flexibility index (Phi) is 10.7. The van der Waals surface area contributed by atoms with Crippen LogP contribution in [0.2, 0.25) is 0 Å². The average Bonchev–Trinajstić information content (AvgIpc) is 3.30. The number of guanidine groups is 1. The predicted octanol–water partition coefficient (Wildman–Crippen LogP) is 3.06. The van der Waals surface area contributed by atoms with E-state index in [-0.39, 0.29) is 41.8 Å². The fourth-order valence-electron chi connectivity index (χ4n) is 2.30. The maximum atomic E-state index is 11.8. The minimum atomic E-state index is -0.0403. The molecule has 0 bridgehead atoms. The molecule has 0 aliphatic rings. The molecule has 2 rings (SSSR count). The van der Waals surface area contributed by atoms with Crippen LogP contribution in [-0.4, -0.2) is 55.5 Å². The number of hydrogen-bond donors (Lipinski definition) is 2. The van der Waals surface area contributed by atoms with Gasteiger partial charge in [0, 0.05) is 50.8 Å². The molecule has 0 spiro atoms. The summed E-state index contributed by atoms with van der Waals surface area (Å²) in [6, 6.07) is 3.81. The smallest absolute Gasteiger partial charge is 0.243 e. The molecule has 0 aliphatic carbocycles. The lowest BCUT2D eigenvalue weighted by atomic mass is 9.98. The van der Waals surface area contributed by atoms with Gasteiger partial charge >= 0.3 is 0 Å². The molecule has 1 amide bonds. The molecular formula is C20H32IN5O2S. The van der Waals surface area contributed by atoms with E-state index in [4.69, 9.17) is 9.40 Å². The molecule has 0 fully saturated rings. The summed E-state index contributed by atoms with van der Waals surface area (Å²) in [5, 5.41) is 9.80. The van der Waals surface area contributed by atoms with Crippen LogP contribution < -0.4 is 10.6 Å². The molecule has 0 saturated carbocycles. The summed E-state index contributed by atoms with van der Waals surface area (Å²) in [4.78, 5) is 22.5. The number of halogens is 1. The number of aliphatic imine (C=N–C) groups is 1.